The minimum absolute atomic E-state index is 0.0965. The minimum atomic E-state index is 0.0965. The SMILES string of the molecule is CCNCC(=O)c1ccc2c(c1)CCC(=O)N2C. The predicted molar refractivity (Wildman–Crippen MR) is 71.0 cm³/mol. The summed E-state index contributed by atoms with van der Waals surface area (Å²) in [5.41, 5.74) is 2.73. The van der Waals surface area contributed by atoms with Gasteiger partial charge in [-0.2, -0.15) is 0 Å². The van der Waals surface area contributed by atoms with Gasteiger partial charge in [0.1, 0.15) is 0 Å². The number of benzene rings is 1. The molecular weight excluding hydrogens is 228 g/mol. The Morgan fingerprint density at radius 2 is 2.17 bits per heavy atom. The van der Waals surface area contributed by atoms with Gasteiger partial charge in [-0.15, -0.1) is 0 Å². The average Bonchev–Trinajstić information content (AvgIpc) is 2.40. The zero-order valence-corrected chi connectivity index (χ0v) is 10.8. The zero-order chi connectivity index (χ0) is 13.1. The number of hydrogen-bond acceptors (Lipinski definition) is 3. The smallest absolute Gasteiger partial charge is 0.227 e. The van der Waals surface area contributed by atoms with E-state index in [0.29, 0.717) is 13.0 Å². The highest BCUT2D eigenvalue weighted by Gasteiger charge is 2.21. The number of amides is 1. The van der Waals surface area contributed by atoms with Crippen molar-refractivity contribution in [1.29, 1.82) is 0 Å². The third-order valence-electron chi connectivity index (χ3n) is 3.28. The Hall–Kier alpha value is -1.68. The molecule has 1 aromatic carbocycles. The fourth-order valence-electron chi connectivity index (χ4n) is 2.17. The quantitative estimate of drug-likeness (QED) is 0.817. The molecule has 18 heavy (non-hydrogen) atoms. The van der Waals surface area contributed by atoms with Gasteiger partial charge in [0.05, 0.1) is 6.54 Å². The molecule has 0 saturated heterocycles. The van der Waals surface area contributed by atoms with Crippen molar-refractivity contribution in [3.05, 3.63) is 29.3 Å². The monoisotopic (exact) mass is 246 g/mol. The van der Waals surface area contributed by atoms with Gasteiger partial charge in [-0.05, 0) is 36.7 Å². The summed E-state index contributed by atoms with van der Waals surface area (Å²) in [6, 6.07) is 5.58. The lowest BCUT2D eigenvalue weighted by Gasteiger charge is -2.26. The number of hydrogen-bond donors (Lipinski definition) is 1. The van der Waals surface area contributed by atoms with E-state index >= 15 is 0 Å². The van der Waals surface area contributed by atoms with Crippen LogP contribution in [0.3, 0.4) is 0 Å². The molecule has 1 aliphatic rings. The Morgan fingerprint density at radius 1 is 1.39 bits per heavy atom. The molecule has 4 heteroatoms. The Kier molecular flexibility index (Phi) is 3.77. The molecule has 1 N–H and O–H groups in total. The van der Waals surface area contributed by atoms with Gasteiger partial charge in [-0.25, -0.2) is 0 Å². The van der Waals surface area contributed by atoms with Crippen LogP contribution in [0.25, 0.3) is 0 Å². The molecule has 96 valence electrons. The Labute approximate surface area is 107 Å². The first-order valence-electron chi connectivity index (χ1n) is 6.27. The van der Waals surface area contributed by atoms with E-state index in [4.69, 9.17) is 0 Å². The van der Waals surface area contributed by atoms with E-state index in [1.807, 2.05) is 19.1 Å². The largest absolute Gasteiger partial charge is 0.315 e. The summed E-state index contributed by atoms with van der Waals surface area (Å²) in [6.45, 7) is 3.12. The maximum atomic E-state index is 11.9. The van der Waals surface area contributed by atoms with Crippen LogP contribution in [0.15, 0.2) is 18.2 Å². The third-order valence-corrected chi connectivity index (χ3v) is 3.28. The number of anilines is 1. The number of aryl methyl sites for hydroxylation is 1. The number of carbonyl (C=O) groups excluding carboxylic acids is 2. The molecule has 0 bridgehead atoms. The van der Waals surface area contributed by atoms with E-state index in [1.54, 1.807) is 18.0 Å². The minimum Gasteiger partial charge on any atom is -0.315 e. The molecule has 2 rings (SSSR count). The second-order valence-electron chi connectivity index (χ2n) is 4.50. The highest BCUT2D eigenvalue weighted by atomic mass is 16.2. The van der Waals surface area contributed by atoms with Crippen LogP contribution in [0, 0.1) is 0 Å². The molecule has 0 atom stereocenters. The highest BCUT2D eigenvalue weighted by Crippen LogP contribution is 2.27. The number of carbonyl (C=O) groups is 2. The molecule has 1 amide bonds. The van der Waals surface area contributed by atoms with Crippen LogP contribution in [0.4, 0.5) is 5.69 Å². The molecule has 0 saturated carbocycles. The summed E-state index contributed by atoms with van der Waals surface area (Å²) in [4.78, 5) is 25.1. The topological polar surface area (TPSA) is 49.4 Å². The predicted octanol–water partition coefficient (Wildman–Crippen LogP) is 1.39. The third kappa shape index (κ3) is 2.43. The van der Waals surface area contributed by atoms with Crippen LogP contribution in [-0.4, -0.2) is 31.8 Å². The normalized spacial score (nSPS) is 14.6. The number of nitrogens with zero attached hydrogens (tertiary/aromatic N) is 1. The van der Waals surface area contributed by atoms with Crippen molar-refractivity contribution in [3.8, 4) is 0 Å². The lowest BCUT2D eigenvalue weighted by molar-refractivity contribution is -0.118. The molecule has 0 spiro atoms. The lowest BCUT2D eigenvalue weighted by atomic mass is 9.97. The molecule has 1 aromatic rings. The molecule has 4 nitrogen and oxygen atoms in total. The van der Waals surface area contributed by atoms with E-state index in [-0.39, 0.29) is 11.7 Å². The summed E-state index contributed by atoms with van der Waals surface area (Å²) < 4.78 is 0. The number of fused-ring (bicyclic) bond motifs is 1. The van der Waals surface area contributed by atoms with Crippen LogP contribution in [-0.2, 0) is 11.2 Å². The second-order valence-corrected chi connectivity index (χ2v) is 4.50. The van der Waals surface area contributed by atoms with E-state index < -0.39 is 0 Å². The molecule has 1 aliphatic heterocycles. The van der Waals surface area contributed by atoms with E-state index in [2.05, 4.69) is 5.32 Å². The number of nitrogens with one attached hydrogen (secondary N) is 1. The van der Waals surface area contributed by atoms with Gasteiger partial charge in [0.25, 0.3) is 0 Å². The second kappa shape index (κ2) is 5.31. The first kappa shape index (κ1) is 12.8. The van der Waals surface area contributed by atoms with Gasteiger partial charge in [-0.1, -0.05) is 6.92 Å². The van der Waals surface area contributed by atoms with Crippen molar-refractivity contribution in [3.63, 3.8) is 0 Å². The maximum absolute atomic E-state index is 11.9. The van der Waals surface area contributed by atoms with Crippen LogP contribution < -0.4 is 10.2 Å². The lowest BCUT2D eigenvalue weighted by Crippen LogP contribution is -2.31. The fraction of sp³-hybridized carbons (Fsp3) is 0.429. The number of ketones is 1. The van der Waals surface area contributed by atoms with Crippen LogP contribution in [0.1, 0.15) is 29.3 Å². The Morgan fingerprint density at radius 3 is 2.89 bits per heavy atom. The standard InChI is InChI=1S/C14H18N2O2/c1-3-15-9-13(17)11-4-6-12-10(8-11)5-7-14(18)16(12)2/h4,6,8,15H,3,5,7,9H2,1-2H3. The molecule has 0 unspecified atom stereocenters. The van der Waals surface area contributed by atoms with Crippen LogP contribution in [0.2, 0.25) is 0 Å². The number of rotatable bonds is 4. The summed E-state index contributed by atoms with van der Waals surface area (Å²) in [7, 11) is 1.78. The molecule has 0 aliphatic carbocycles. The molecular formula is C14H18N2O2. The first-order valence-corrected chi connectivity index (χ1v) is 6.27. The van der Waals surface area contributed by atoms with Gasteiger partial charge >= 0.3 is 0 Å². The van der Waals surface area contributed by atoms with Crippen molar-refractivity contribution in [2.75, 3.05) is 25.0 Å². The number of Topliss-reactive ketones (excluding diaryl/α,β-unsaturated/α-hetero) is 1. The Balaban J connectivity index is 2.22. The average molecular weight is 246 g/mol. The highest BCUT2D eigenvalue weighted by molar-refractivity contribution is 6.00. The van der Waals surface area contributed by atoms with Crippen molar-refractivity contribution >= 4 is 17.4 Å². The molecule has 1 heterocycles. The molecule has 0 aromatic heterocycles. The zero-order valence-electron chi connectivity index (χ0n) is 10.8. The van der Waals surface area contributed by atoms with Crippen LogP contribution >= 0.6 is 0 Å². The van der Waals surface area contributed by atoms with Gasteiger partial charge in [-0.3, -0.25) is 9.59 Å². The Bertz CT molecular complexity index is 483. The van der Waals surface area contributed by atoms with Gasteiger partial charge in [0.2, 0.25) is 5.91 Å². The van der Waals surface area contributed by atoms with E-state index in [1.165, 1.54) is 0 Å². The van der Waals surface area contributed by atoms with E-state index in [0.717, 1.165) is 29.8 Å². The maximum Gasteiger partial charge on any atom is 0.227 e. The van der Waals surface area contributed by atoms with Crippen molar-refractivity contribution in [2.24, 2.45) is 0 Å². The van der Waals surface area contributed by atoms with E-state index in [9.17, 15) is 9.59 Å². The summed E-state index contributed by atoms with van der Waals surface area (Å²) in [5, 5.41) is 3.03. The van der Waals surface area contributed by atoms with Gasteiger partial charge < -0.3 is 10.2 Å². The molecule has 0 fully saturated rings. The van der Waals surface area contributed by atoms with Crippen molar-refractivity contribution < 1.29 is 9.59 Å². The van der Waals surface area contributed by atoms with Crippen molar-refractivity contribution in [1.82, 2.24) is 5.32 Å². The summed E-state index contributed by atoms with van der Waals surface area (Å²) in [5.74, 6) is 0.230. The number of likely N-dealkylation sites (N-methyl/N-ethyl adjacent to an activating group) is 1. The fourth-order valence-corrected chi connectivity index (χ4v) is 2.17. The molecule has 0 radical (unpaired) electrons. The summed E-state index contributed by atoms with van der Waals surface area (Å²) in [6.07, 6.45) is 1.25. The van der Waals surface area contributed by atoms with Crippen LogP contribution in [0.5, 0.6) is 0 Å². The first-order chi connectivity index (χ1) is 8.63. The summed E-state index contributed by atoms with van der Waals surface area (Å²) >= 11 is 0. The van der Waals surface area contributed by atoms with Crippen molar-refractivity contribution in [2.45, 2.75) is 19.8 Å². The van der Waals surface area contributed by atoms with Gasteiger partial charge in [0.15, 0.2) is 5.78 Å². The van der Waals surface area contributed by atoms with Gasteiger partial charge in [0, 0.05) is 24.7 Å².